The topological polar surface area (TPSA) is 115 Å². The lowest BCUT2D eigenvalue weighted by Crippen LogP contribution is -2.47. The summed E-state index contributed by atoms with van der Waals surface area (Å²) in [6.07, 6.45) is 3.03. The smallest absolute Gasteiger partial charge is 0.272 e. The third-order valence-corrected chi connectivity index (χ3v) is 7.41. The first-order chi connectivity index (χ1) is 17.4. The summed E-state index contributed by atoms with van der Waals surface area (Å²) in [5, 5.41) is 13.4. The summed E-state index contributed by atoms with van der Waals surface area (Å²) >= 11 is 0. The number of carbonyl (C=O) groups is 2. The second-order valence-corrected chi connectivity index (χ2v) is 9.52. The summed E-state index contributed by atoms with van der Waals surface area (Å²) in [6.45, 7) is 1.57. The SMILES string of the molecule is COc1c(C(=O)NC2CCN(C(=O)CO)CC2)n(C)c2c1c(=O)n(CC1CCCO1)c1ccccc21. The van der Waals surface area contributed by atoms with Gasteiger partial charge < -0.3 is 33.9 Å². The van der Waals surface area contributed by atoms with Crippen molar-refractivity contribution in [3.05, 3.63) is 40.3 Å². The van der Waals surface area contributed by atoms with E-state index in [1.807, 2.05) is 24.3 Å². The summed E-state index contributed by atoms with van der Waals surface area (Å²) in [7, 11) is 3.25. The third kappa shape index (κ3) is 4.14. The number of aryl methyl sites for hydroxylation is 1. The van der Waals surface area contributed by atoms with Crippen LogP contribution in [0.15, 0.2) is 29.1 Å². The van der Waals surface area contributed by atoms with Crippen molar-refractivity contribution in [1.29, 1.82) is 0 Å². The molecular formula is C26H32N4O6. The lowest BCUT2D eigenvalue weighted by molar-refractivity contribution is -0.135. The van der Waals surface area contributed by atoms with Crippen LogP contribution in [0.2, 0.25) is 0 Å². The Hall–Kier alpha value is -3.37. The molecule has 1 atom stereocenters. The molecule has 2 aliphatic rings. The van der Waals surface area contributed by atoms with Crippen LogP contribution < -0.4 is 15.6 Å². The van der Waals surface area contributed by atoms with Crippen LogP contribution in [-0.2, 0) is 23.1 Å². The molecule has 2 saturated heterocycles. The van der Waals surface area contributed by atoms with Crippen molar-refractivity contribution >= 4 is 33.6 Å². The van der Waals surface area contributed by atoms with Gasteiger partial charge in [-0.25, -0.2) is 0 Å². The second-order valence-electron chi connectivity index (χ2n) is 9.52. The van der Waals surface area contributed by atoms with Crippen LogP contribution in [0.3, 0.4) is 0 Å². The van der Waals surface area contributed by atoms with Gasteiger partial charge in [-0.05, 0) is 31.7 Å². The van der Waals surface area contributed by atoms with E-state index >= 15 is 0 Å². The molecular weight excluding hydrogens is 464 g/mol. The van der Waals surface area contributed by atoms with E-state index in [9.17, 15) is 14.4 Å². The monoisotopic (exact) mass is 496 g/mol. The molecule has 4 heterocycles. The molecule has 10 heteroatoms. The summed E-state index contributed by atoms with van der Waals surface area (Å²) in [6, 6.07) is 7.57. The molecule has 1 aromatic carbocycles. The number of hydrogen-bond acceptors (Lipinski definition) is 6. The number of aliphatic hydroxyl groups excluding tert-OH is 1. The van der Waals surface area contributed by atoms with Gasteiger partial charge in [0.05, 0.1) is 30.8 Å². The Kier molecular flexibility index (Phi) is 6.72. The van der Waals surface area contributed by atoms with Crippen LogP contribution >= 0.6 is 0 Å². The van der Waals surface area contributed by atoms with Crippen molar-refractivity contribution in [1.82, 2.24) is 19.4 Å². The summed E-state index contributed by atoms with van der Waals surface area (Å²) in [5.74, 6) is -0.373. The summed E-state index contributed by atoms with van der Waals surface area (Å²) in [5.41, 5.74) is 1.53. The Morgan fingerprint density at radius 1 is 1.19 bits per heavy atom. The first kappa shape index (κ1) is 24.3. The van der Waals surface area contributed by atoms with Gasteiger partial charge >= 0.3 is 0 Å². The molecule has 1 unspecified atom stereocenters. The lowest BCUT2D eigenvalue weighted by Gasteiger charge is -2.32. The van der Waals surface area contributed by atoms with Crippen LogP contribution in [-0.4, -0.2) is 76.5 Å². The highest BCUT2D eigenvalue weighted by atomic mass is 16.5. The molecule has 2 aliphatic heterocycles. The number of hydrogen-bond donors (Lipinski definition) is 2. The fraction of sp³-hybridized carbons (Fsp3) is 0.500. The zero-order valence-electron chi connectivity index (χ0n) is 20.7. The van der Waals surface area contributed by atoms with Gasteiger partial charge in [-0.3, -0.25) is 14.4 Å². The number of piperidine rings is 1. The molecule has 0 aliphatic carbocycles. The minimum Gasteiger partial charge on any atom is -0.493 e. The quantitative estimate of drug-likeness (QED) is 0.533. The number of para-hydroxylation sites is 1. The fourth-order valence-corrected chi connectivity index (χ4v) is 5.58. The third-order valence-electron chi connectivity index (χ3n) is 7.41. The number of likely N-dealkylation sites (tertiary alicyclic amines) is 1. The van der Waals surface area contributed by atoms with E-state index < -0.39 is 6.61 Å². The normalized spacial score (nSPS) is 18.8. The van der Waals surface area contributed by atoms with Gasteiger partial charge in [0, 0.05) is 38.2 Å². The Bertz CT molecular complexity index is 1360. The molecule has 2 N–H and O–H groups in total. The van der Waals surface area contributed by atoms with Crippen molar-refractivity contribution in [2.45, 2.75) is 44.4 Å². The average molecular weight is 497 g/mol. The van der Waals surface area contributed by atoms with Gasteiger partial charge in [0.1, 0.15) is 12.0 Å². The maximum atomic E-state index is 13.8. The first-order valence-electron chi connectivity index (χ1n) is 12.4. The minimum atomic E-state index is -0.511. The number of pyridine rings is 1. The molecule has 36 heavy (non-hydrogen) atoms. The first-order valence-corrected chi connectivity index (χ1v) is 12.4. The standard InChI is InChI=1S/C26H32N4O6/c1-28-22-18-7-3-4-8-19(18)30(14-17-6-5-13-36-17)26(34)21(22)24(35-2)23(28)25(33)27-16-9-11-29(12-10-16)20(32)15-31/h3-4,7-8,16-17,31H,5-6,9-15H2,1-2H3,(H,27,33). The van der Waals surface area contributed by atoms with E-state index in [-0.39, 0.29) is 35.3 Å². The highest BCUT2D eigenvalue weighted by Gasteiger charge is 2.30. The maximum absolute atomic E-state index is 13.8. The number of rotatable bonds is 6. The number of methoxy groups -OCH3 is 1. The predicted molar refractivity (Wildman–Crippen MR) is 134 cm³/mol. The molecule has 0 bridgehead atoms. The Morgan fingerprint density at radius 3 is 2.61 bits per heavy atom. The van der Waals surface area contributed by atoms with Gasteiger partial charge in [0.2, 0.25) is 5.91 Å². The Labute approximate surface area is 208 Å². The fourth-order valence-electron chi connectivity index (χ4n) is 5.58. The number of nitrogens with one attached hydrogen (secondary N) is 1. The van der Waals surface area contributed by atoms with Crippen molar-refractivity contribution in [3.63, 3.8) is 0 Å². The van der Waals surface area contributed by atoms with E-state index in [0.717, 1.165) is 23.7 Å². The predicted octanol–water partition coefficient (Wildman–Crippen LogP) is 1.39. The number of nitrogens with zero attached hydrogens (tertiary/aromatic N) is 3. The number of aliphatic hydroxyl groups is 1. The van der Waals surface area contributed by atoms with Crippen LogP contribution in [0.4, 0.5) is 0 Å². The van der Waals surface area contributed by atoms with Gasteiger partial charge in [-0.1, -0.05) is 18.2 Å². The number of carbonyl (C=O) groups excluding carboxylic acids is 2. The van der Waals surface area contributed by atoms with E-state index in [2.05, 4.69) is 5.32 Å². The molecule has 0 saturated carbocycles. The molecule has 2 amide bonds. The van der Waals surface area contributed by atoms with E-state index in [1.54, 1.807) is 21.1 Å². The van der Waals surface area contributed by atoms with Crippen LogP contribution in [0.1, 0.15) is 36.2 Å². The van der Waals surface area contributed by atoms with E-state index in [4.69, 9.17) is 14.6 Å². The largest absolute Gasteiger partial charge is 0.493 e. The van der Waals surface area contributed by atoms with Crippen LogP contribution in [0.5, 0.6) is 5.75 Å². The van der Waals surface area contributed by atoms with Gasteiger partial charge in [-0.15, -0.1) is 0 Å². The molecule has 2 fully saturated rings. The van der Waals surface area contributed by atoms with Crippen molar-refractivity contribution in [2.75, 3.05) is 33.4 Å². The average Bonchev–Trinajstić information content (AvgIpc) is 3.52. The Morgan fingerprint density at radius 2 is 1.94 bits per heavy atom. The van der Waals surface area contributed by atoms with Crippen molar-refractivity contribution < 1.29 is 24.2 Å². The van der Waals surface area contributed by atoms with Gasteiger partial charge in [0.25, 0.3) is 11.5 Å². The molecule has 2 aromatic heterocycles. The lowest BCUT2D eigenvalue weighted by atomic mass is 10.0. The molecule has 3 aromatic rings. The molecule has 0 spiro atoms. The zero-order chi connectivity index (χ0) is 25.4. The number of ether oxygens (including phenoxy) is 2. The number of benzene rings is 1. The van der Waals surface area contributed by atoms with Gasteiger partial charge in [-0.2, -0.15) is 0 Å². The number of fused-ring (bicyclic) bond motifs is 3. The second kappa shape index (κ2) is 9.94. The van der Waals surface area contributed by atoms with Crippen molar-refractivity contribution in [3.8, 4) is 5.75 Å². The van der Waals surface area contributed by atoms with Gasteiger partial charge in [0.15, 0.2) is 11.4 Å². The number of aromatic nitrogens is 2. The Balaban J connectivity index is 1.54. The molecule has 0 radical (unpaired) electrons. The maximum Gasteiger partial charge on any atom is 0.272 e. The molecule has 10 nitrogen and oxygen atoms in total. The summed E-state index contributed by atoms with van der Waals surface area (Å²) in [4.78, 5) is 40.7. The molecule has 192 valence electrons. The highest BCUT2D eigenvalue weighted by molar-refractivity contribution is 6.12. The number of amides is 2. The molecule has 5 rings (SSSR count). The van der Waals surface area contributed by atoms with E-state index in [0.29, 0.717) is 55.7 Å². The minimum absolute atomic E-state index is 0.0235. The highest BCUT2D eigenvalue weighted by Crippen LogP contribution is 2.35. The van der Waals surface area contributed by atoms with Crippen molar-refractivity contribution in [2.24, 2.45) is 7.05 Å². The summed E-state index contributed by atoms with van der Waals surface area (Å²) < 4.78 is 15.0. The van der Waals surface area contributed by atoms with E-state index in [1.165, 1.54) is 7.11 Å². The van der Waals surface area contributed by atoms with Crippen LogP contribution in [0, 0.1) is 0 Å². The zero-order valence-corrected chi connectivity index (χ0v) is 20.7. The van der Waals surface area contributed by atoms with Crippen LogP contribution in [0.25, 0.3) is 21.8 Å².